The molecule has 2 unspecified atom stereocenters. The van der Waals surface area contributed by atoms with Crippen LogP contribution in [0.3, 0.4) is 0 Å². The van der Waals surface area contributed by atoms with E-state index in [0.717, 1.165) is 57.1 Å². The third-order valence-electron chi connectivity index (χ3n) is 5.80. The van der Waals surface area contributed by atoms with E-state index in [1.54, 1.807) is 0 Å². The third-order valence-corrected chi connectivity index (χ3v) is 5.80. The summed E-state index contributed by atoms with van der Waals surface area (Å²) < 4.78 is 19.0. The molecular weight excluding hydrogens is 385 g/mol. The molecule has 3 N–H and O–H groups in total. The summed E-state index contributed by atoms with van der Waals surface area (Å²) in [4.78, 5) is 20.9. The molecule has 0 aliphatic carbocycles. The highest BCUT2D eigenvalue weighted by molar-refractivity contribution is 5.80. The van der Waals surface area contributed by atoms with Crippen LogP contribution in [0.15, 0.2) is 29.3 Å². The number of amides is 1. The number of aliphatic imine (C=N–C) groups is 1. The minimum absolute atomic E-state index is 0.0642. The molecule has 2 aliphatic heterocycles. The number of nitrogens with two attached hydrogens (primary N) is 1. The summed E-state index contributed by atoms with van der Waals surface area (Å²) in [5.41, 5.74) is 6.47. The number of carbonyl (C=O) groups excluding carboxylic acids is 1. The fourth-order valence-electron chi connectivity index (χ4n) is 4.31. The number of nitrogens with one attached hydrogen (secondary N) is 1. The zero-order valence-electron chi connectivity index (χ0n) is 17.9. The van der Waals surface area contributed by atoms with Crippen LogP contribution in [0.5, 0.6) is 0 Å². The molecule has 1 amide bonds. The van der Waals surface area contributed by atoms with Gasteiger partial charge in [0.1, 0.15) is 5.82 Å². The van der Waals surface area contributed by atoms with Gasteiger partial charge in [0, 0.05) is 39.1 Å². The van der Waals surface area contributed by atoms with Gasteiger partial charge < -0.3 is 20.7 Å². The normalized spacial score (nSPS) is 22.0. The molecule has 0 bridgehead atoms. The van der Waals surface area contributed by atoms with Crippen molar-refractivity contribution in [2.45, 2.75) is 32.2 Å². The number of nitrogens with zero attached hydrogens (tertiary/aromatic N) is 3. The summed E-state index contributed by atoms with van der Waals surface area (Å²) in [6.07, 6.45) is 2.46. The largest absolute Gasteiger partial charge is 0.379 e. The molecule has 2 aliphatic rings. The number of carbonyl (C=O) groups is 1. The highest BCUT2D eigenvalue weighted by Gasteiger charge is 2.26. The maximum absolute atomic E-state index is 13.5. The van der Waals surface area contributed by atoms with E-state index in [9.17, 15) is 9.18 Å². The van der Waals surface area contributed by atoms with Crippen LogP contribution in [-0.2, 0) is 9.53 Å². The first-order valence-corrected chi connectivity index (χ1v) is 11.0. The van der Waals surface area contributed by atoms with Crippen molar-refractivity contribution in [3.8, 4) is 0 Å². The summed E-state index contributed by atoms with van der Waals surface area (Å²) in [7, 11) is 0. The van der Waals surface area contributed by atoms with Gasteiger partial charge in [-0.2, -0.15) is 0 Å². The van der Waals surface area contributed by atoms with Crippen molar-refractivity contribution in [3.63, 3.8) is 0 Å². The van der Waals surface area contributed by atoms with Gasteiger partial charge in [-0.05, 0) is 43.4 Å². The van der Waals surface area contributed by atoms with E-state index in [4.69, 9.17) is 15.5 Å². The number of morpholine rings is 1. The number of halogens is 1. The summed E-state index contributed by atoms with van der Waals surface area (Å²) >= 11 is 0. The summed E-state index contributed by atoms with van der Waals surface area (Å²) in [5, 5.41) is 3.40. The lowest BCUT2D eigenvalue weighted by Gasteiger charge is -2.36. The molecule has 30 heavy (non-hydrogen) atoms. The van der Waals surface area contributed by atoms with Crippen LogP contribution in [0.25, 0.3) is 0 Å². The van der Waals surface area contributed by atoms with Crippen LogP contribution >= 0.6 is 0 Å². The average molecular weight is 420 g/mol. The summed E-state index contributed by atoms with van der Waals surface area (Å²) in [6.45, 7) is 8.16. The monoisotopic (exact) mass is 419 g/mol. The van der Waals surface area contributed by atoms with Gasteiger partial charge in [0.25, 0.3) is 0 Å². The molecular formula is C22H34FN5O2. The molecule has 0 spiro atoms. The number of hydrogen-bond acceptors (Lipinski definition) is 4. The first-order valence-electron chi connectivity index (χ1n) is 11.0. The molecule has 0 aromatic heterocycles. The van der Waals surface area contributed by atoms with E-state index in [0.29, 0.717) is 26.2 Å². The summed E-state index contributed by atoms with van der Waals surface area (Å²) in [5.74, 6) is 0.664. The number of guanidine groups is 1. The summed E-state index contributed by atoms with van der Waals surface area (Å²) in [6, 6.07) is 6.78. The quantitative estimate of drug-likeness (QED) is 0.520. The van der Waals surface area contributed by atoms with Gasteiger partial charge in [-0.15, -0.1) is 0 Å². The van der Waals surface area contributed by atoms with E-state index in [-0.39, 0.29) is 23.7 Å². The zero-order valence-corrected chi connectivity index (χ0v) is 17.9. The van der Waals surface area contributed by atoms with Crippen molar-refractivity contribution in [2.24, 2.45) is 16.6 Å². The Morgan fingerprint density at radius 1 is 1.30 bits per heavy atom. The molecule has 2 heterocycles. The maximum Gasteiger partial charge on any atom is 0.217 e. The standard InChI is InChI=1S/C22H34FN5O2/c1-2-25-22(28-9-3-4-17(16-28)14-21(24)29)26-15-20(27-10-12-30-13-11-27)18-5-7-19(23)8-6-18/h5-8,17,20H,2-4,9-16H2,1H3,(H2,24,29)(H,25,26). The predicted molar refractivity (Wildman–Crippen MR) is 116 cm³/mol. The first-order chi connectivity index (χ1) is 14.6. The highest BCUT2D eigenvalue weighted by atomic mass is 19.1. The van der Waals surface area contributed by atoms with E-state index in [1.807, 2.05) is 12.1 Å². The minimum Gasteiger partial charge on any atom is -0.379 e. The van der Waals surface area contributed by atoms with Crippen molar-refractivity contribution in [3.05, 3.63) is 35.6 Å². The fourth-order valence-corrected chi connectivity index (χ4v) is 4.31. The SMILES string of the molecule is CCNC(=NCC(c1ccc(F)cc1)N1CCOCC1)N1CCCC(CC(N)=O)C1. The highest BCUT2D eigenvalue weighted by Crippen LogP contribution is 2.24. The van der Waals surface area contributed by atoms with Gasteiger partial charge >= 0.3 is 0 Å². The van der Waals surface area contributed by atoms with Crippen LogP contribution < -0.4 is 11.1 Å². The second-order valence-corrected chi connectivity index (χ2v) is 8.04. The Labute approximate surface area is 178 Å². The number of likely N-dealkylation sites (tertiary alicyclic amines) is 1. The smallest absolute Gasteiger partial charge is 0.217 e. The lowest BCUT2D eigenvalue weighted by atomic mass is 9.95. The Kier molecular flexibility index (Phi) is 8.45. The van der Waals surface area contributed by atoms with Crippen LogP contribution in [0.2, 0.25) is 0 Å². The number of primary amides is 1. The van der Waals surface area contributed by atoms with Gasteiger partial charge in [-0.3, -0.25) is 14.7 Å². The Balaban J connectivity index is 1.76. The molecule has 166 valence electrons. The Bertz CT molecular complexity index is 706. The van der Waals surface area contributed by atoms with Gasteiger partial charge in [-0.25, -0.2) is 4.39 Å². The predicted octanol–water partition coefficient (Wildman–Crippen LogP) is 1.75. The van der Waals surface area contributed by atoms with Crippen LogP contribution in [-0.4, -0.2) is 74.1 Å². The lowest BCUT2D eigenvalue weighted by Crippen LogP contribution is -2.47. The second kappa shape index (κ2) is 11.3. The number of hydrogen-bond donors (Lipinski definition) is 2. The Hall–Kier alpha value is -2.19. The average Bonchev–Trinajstić information content (AvgIpc) is 2.75. The van der Waals surface area contributed by atoms with Crippen LogP contribution in [0, 0.1) is 11.7 Å². The van der Waals surface area contributed by atoms with Crippen LogP contribution in [0.1, 0.15) is 37.8 Å². The van der Waals surface area contributed by atoms with E-state index in [2.05, 4.69) is 22.0 Å². The van der Waals surface area contributed by atoms with Crippen molar-refractivity contribution < 1.29 is 13.9 Å². The molecule has 7 nitrogen and oxygen atoms in total. The number of piperidine rings is 1. The molecule has 2 atom stereocenters. The van der Waals surface area contributed by atoms with Gasteiger partial charge in [0.2, 0.25) is 5.91 Å². The van der Waals surface area contributed by atoms with E-state index >= 15 is 0 Å². The number of rotatable bonds is 7. The molecule has 2 fully saturated rings. The molecule has 2 saturated heterocycles. The van der Waals surface area contributed by atoms with Crippen molar-refractivity contribution in [1.82, 2.24) is 15.1 Å². The maximum atomic E-state index is 13.5. The molecule has 8 heteroatoms. The van der Waals surface area contributed by atoms with E-state index < -0.39 is 0 Å². The Morgan fingerprint density at radius 3 is 2.70 bits per heavy atom. The van der Waals surface area contributed by atoms with Crippen LogP contribution in [0.4, 0.5) is 4.39 Å². The molecule has 0 radical (unpaired) electrons. The topological polar surface area (TPSA) is 83.2 Å². The van der Waals surface area contributed by atoms with E-state index in [1.165, 1.54) is 12.1 Å². The fraction of sp³-hybridized carbons (Fsp3) is 0.636. The van der Waals surface area contributed by atoms with Crippen molar-refractivity contribution in [1.29, 1.82) is 0 Å². The molecule has 0 saturated carbocycles. The van der Waals surface area contributed by atoms with Crippen molar-refractivity contribution in [2.75, 3.05) is 52.5 Å². The third kappa shape index (κ3) is 6.40. The molecule has 3 rings (SSSR count). The molecule has 1 aromatic carbocycles. The second-order valence-electron chi connectivity index (χ2n) is 8.04. The lowest BCUT2D eigenvalue weighted by molar-refractivity contribution is -0.119. The van der Waals surface area contributed by atoms with Crippen molar-refractivity contribution >= 4 is 11.9 Å². The first kappa shape index (κ1) is 22.5. The number of ether oxygens (including phenoxy) is 1. The van der Waals surface area contributed by atoms with Gasteiger partial charge in [0.05, 0.1) is 25.8 Å². The number of benzene rings is 1. The zero-order chi connectivity index (χ0) is 21.3. The Morgan fingerprint density at radius 2 is 2.03 bits per heavy atom. The van der Waals surface area contributed by atoms with Gasteiger partial charge in [-0.1, -0.05) is 12.1 Å². The van der Waals surface area contributed by atoms with Gasteiger partial charge in [0.15, 0.2) is 5.96 Å². The minimum atomic E-state index is -0.243. The molecule has 1 aromatic rings.